The van der Waals surface area contributed by atoms with Gasteiger partial charge in [0.1, 0.15) is 5.82 Å². The number of aromatic nitrogens is 2. The van der Waals surface area contributed by atoms with Gasteiger partial charge in [-0.15, -0.1) is 0 Å². The lowest BCUT2D eigenvalue weighted by Gasteiger charge is -2.13. The van der Waals surface area contributed by atoms with Crippen molar-refractivity contribution in [2.24, 2.45) is 0 Å². The summed E-state index contributed by atoms with van der Waals surface area (Å²) in [5, 5.41) is 6.40. The van der Waals surface area contributed by atoms with E-state index in [0.717, 1.165) is 17.9 Å². The molecule has 116 valence electrons. The highest BCUT2D eigenvalue weighted by Crippen LogP contribution is 2.16. The molecule has 1 aromatic heterocycles. The summed E-state index contributed by atoms with van der Waals surface area (Å²) in [4.78, 5) is 20.0. The molecule has 0 saturated heterocycles. The van der Waals surface area contributed by atoms with Crippen molar-refractivity contribution in [2.45, 2.75) is 26.3 Å². The quantitative estimate of drug-likeness (QED) is 0.798. The zero-order valence-electron chi connectivity index (χ0n) is 13.0. The number of carbonyl (C=O) groups is 1. The highest BCUT2D eigenvalue weighted by atomic mass is 16.5. The molecule has 6 nitrogen and oxygen atoms in total. The van der Waals surface area contributed by atoms with E-state index in [9.17, 15) is 4.79 Å². The first-order valence-electron chi connectivity index (χ1n) is 7.17. The minimum atomic E-state index is -0.359. The minimum Gasteiger partial charge on any atom is -0.465 e. The lowest BCUT2D eigenvalue weighted by atomic mass is 10.2. The number of rotatable bonds is 6. The molecule has 0 spiro atoms. The summed E-state index contributed by atoms with van der Waals surface area (Å²) in [5.74, 6) is 0.916. The SMILES string of the molecule is CCC(C)Nc1ccnc(Nc2ccc(C(=O)OC)cc2)n1. The van der Waals surface area contributed by atoms with E-state index in [-0.39, 0.29) is 5.97 Å². The van der Waals surface area contributed by atoms with Crippen LogP contribution < -0.4 is 10.6 Å². The Kier molecular flexibility index (Phi) is 5.30. The summed E-state index contributed by atoms with van der Waals surface area (Å²) in [5.41, 5.74) is 1.30. The molecule has 1 heterocycles. The number of esters is 1. The fraction of sp³-hybridized carbons (Fsp3) is 0.312. The highest BCUT2D eigenvalue weighted by Gasteiger charge is 2.06. The maximum Gasteiger partial charge on any atom is 0.337 e. The molecule has 0 amide bonds. The number of carbonyl (C=O) groups excluding carboxylic acids is 1. The van der Waals surface area contributed by atoms with Crippen LogP contribution in [0.5, 0.6) is 0 Å². The molecule has 0 saturated carbocycles. The third-order valence-electron chi connectivity index (χ3n) is 3.22. The van der Waals surface area contributed by atoms with Gasteiger partial charge in [0.05, 0.1) is 12.7 Å². The highest BCUT2D eigenvalue weighted by molar-refractivity contribution is 5.89. The van der Waals surface area contributed by atoms with Crippen molar-refractivity contribution in [1.82, 2.24) is 9.97 Å². The predicted octanol–water partition coefficient (Wildman–Crippen LogP) is 3.22. The van der Waals surface area contributed by atoms with Crippen molar-refractivity contribution < 1.29 is 9.53 Å². The average molecular weight is 300 g/mol. The second kappa shape index (κ2) is 7.40. The van der Waals surface area contributed by atoms with Gasteiger partial charge in [0, 0.05) is 17.9 Å². The maximum atomic E-state index is 11.4. The van der Waals surface area contributed by atoms with Crippen molar-refractivity contribution in [3.63, 3.8) is 0 Å². The Morgan fingerprint density at radius 1 is 1.27 bits per heavy atom. The van der Waals surface area contributed by atoms with Crippen molar-refractivity contribution in [3.8, 4) is 0 Å². The van der Waals surface area contributed by atoms with Crippen LogP contribution in [-0.4, -0.2) is 29.1 Å². The van der Waals surface area contributed by atoms with Crippen molar-refractivity contribution in [3.05, 3.63) is 42.1 Å². The Labute approximate surface area is 129 Å². The van der Waals surface area contributed by atoms with Gasteiger partial charge in [-0.3, -0.25) is 0 Å². The molecule has 0 bridgehead atoms. The average Bonchev–Trinajstić information content (AvgIpc) is 2.55. The van der Waals surface area contributed by atoms with Crippen LogP contribution in [0.4, 0.5) is 17.5 Å². The van der Waals surface area contributed by atoms with Crippen LogP contribution in [0.3, 0.4) is 0 Å². The van der Waals surface area contributed by atoms with Crippen molar-refractivity contribution in [1.29, 1.82) is 0 Å². The van der Waals surface area contributed by atoms with Crippen LogP contribution in [-0.2, 0) is 4.74 Å². The molecule has 0 aliphatic heterocycles. The normalized spacial score (nSPS) is 11.6. The second-order valence-corrected chi connectivity index (χ2v) is 4.91. The summed E-state index contributed by atoms with van der Waals surface area (Å²) in [6.45, 7) is 4.21. The van der Waals surface area contributed by atoms with Crippen LogP contribution in [0.25, 0.3) is 0 Å². The van der Waals surface area contributed by atoms with Crippen LogP contribution in [0.1, 0.15) is 30.6 Å². The molecule has 1 atom stereocenters. The lowest BCUT2D eigenvalue weighted by Crippen LogP contribution is -2.14. The molecule has 0 radical (unpaired) electrons. The van der Waals surface area contributed by atoms with Gasteiger partial charge in [-0.05, 0) is 43.7 Å². The second-order valence-electron chi connectivity index (χ2n) is 4.91. The first kappa shape index (κ1) is 15.8. The number of nitrogens with one attached hydrogen (secondary N) is 2. The van der Waals surface area contributed by atoms with Gasteiger partial charge in [-0.2, -0.15) is 4.98 Å². The molecule has 0 fully saturated rings. The number of benzene rings is 1. The van der Waals surface area contributed by atoms with Gasteiger partial charge in [0.2, 0.25) is 5.95 Å². The smallest absolute Gasteiger partial charge is 0.337 e. The van der Waals surface area contributed by atoms with Crippen LogP contribution in [0, 0.1) is 0 Å². The van der Waals surface area contributed by atoms with Crippen LogP contribution in [0.2, 0.25) is 0 Å². The third kappa shape index (κ3) is 4.18. The van der Waals surface area contributed by atoms with Gasteiger partial charge >= 0.3 is 5.97 Å². The molecule has 2 N–H and O–H groups in total. The van der Waals surface area contributed by atoms with Gasteiger partial charge in [0.25, 0.3) is 0 Å². The molecule has 2 aromatic rings. The number of nitrogens with zero attached hydrogens (tertiary/aromatic N) is 2. The fourth-order valence-electron chi connectivity index (χ4n) is 1.79. The maximum absolute atomic E-state index is 11.4. The van der Waals surface area contributed by atoms with E-state index < -0.39 is 0 Å². The van der Waals surface area contributed by atoms with Crippen LogP contribution in [0.15, 0.2) is 36.5 Å². The zero-order valence-corrected chi connectivity index (χ0v) is 13.0. The van der Waals surface area contributed by atoms with Crippen LogP contribution >= 0.6 is 0 Å². The van der Waals surface area contributed by atoms with Gasteiger partial charge < -0.3 is 15.4 Å². The van der Waals surface area contributed by atoms with Gasteiger partial charge in [0.15, 0.2) is 0 Å². The van der Waals surface area contributed by atoms with E-state index in [0.29, 0.717) is 17.6 Å². The van der Waals surface area contributed by atoms with Crippen molar-refractivity contribution in [2.75, 3.05) is 17.7 Å². The molecule has 22 heavy (non-hydrogen) atoms. The molecule has 0 aliphatic rings. The molecule has 1 unspecified atom stereocenters. The zero-order chi connectivity index (χ0) is 15.9. The van der Waals surface area contributed by atoms with E-state index in [4.69, 9.17) is 0 Å². The predicted molar refractivity (Wildman–Crippen MR) is 86.5 cm³/mol. The summed E-state index contributed by atoms with van der Waals surface area (Å²) in [6, 6.07) is 9.12. The number of hydrogen-bond acceptors (Lipinski definition) is 6. The summed E-state index contributed by atoms with van der Waals surface area (Å²) >= 11 is 0. The Hall–Kier alpha value is -2.63. The summed E-state index contributed by atoms with van der Waals surface area (Å²) in [6.07, 6.45) is 2.71. The number of methoxy groups -OCH3 is 1. The molecule has 6 heteroatoms. The Morgan fingerprint density at radius 2 is 2.00 bits per heavy atom. The monoisotopic (exact) mass is 300 g/mol. The van der Waals surface area contributed by atoms with Gasteiger partial charge in [-0.25, -0.2) is 9.78 Å². The van der Waals surface area contributed by atoms with E-state index >= 15 is 0 Å². The molecule has 1 aromatic carbocycles. The molecule has 2 rings (SSSR count). The van der Waals surface area contributed by atoms with E-state index in [1.807, 2.05) is 6.07 Å². The van der Waals surface area contributed by atoms with E-state index in [1.165, 1.54) is 7.11 Å². The summed E-state index contributed by atoms with van der Waals surface area (Å²) < 4.78 is 4.67. The Balaban J connectivity index is 2.07. The fourth-order valence-corrected chi connectivity index (χ4v) is 1.79. The Bertz CT molecular complexity index is 628. The summed E-state index contributed by atoms with van der Waals surface area (Å²) in [7, 11) is 1.36. The van der Waals surface area contributed by atoms with E-state index in [1.54, 1.807) is 30.5 Å². The first-order chi connectivity index (χ1) is 10.6. The largest absolute Gasteiger partial charge is 0.465 e. The number of anilines is 3. The number of ether oxygens (including phenoxy) is 1. The van der Waals surface area contributed by atoms with Gasteiger partial charge in [-0.1, -0.05) is 6.92 Å². The van der Waals surface area contributed by atoms with E-state index in [2.05, 4.69) is 39.2 Å². The number of hydrogen-bond donors (Lipinski definition) is 2. The molecule has 0 aliphatic carbocycles. The molecular weight excluding hydrogens is 280 g/mol. The molecular formula is C16H20N4O2. The lowest BCUT2D eigenvalue weighted by molar-refractivity contribution is 0.0601. The first-order valence-corrected chi connectivity index (χ1v) is 7.17. The minimum absolute atomic E-state index is 0.349. The third-order valence-corrected chi connectivity index (χ3v) is 3.22. The topological polar surface area (TPSA) is 76.1 Å². The standard InChI is InChI=1S/C16H20N4O2/c1-4-11(2)18-14-9-10-17-16(20-14)19-13-7-5-12(6-8-13)15(21)22-3/h5-11H,4H2,1-3H3,(H2,17,18,19,20). The van der Waals surface area contributed by atoms with Crippen molar-refractivity contribution >= 4 is 23.4 Å². The Morgan fingerprint density at radius 3 is 2.64 bits per heavy atom.